The molecule has 0 aliphatic carbocycles. The van der Waals surface area contributed by atoms with Crippen LogP contribution in [0, 0.1) is 5.92 Å². The zero-order valence-corrected chi connectivity index (χ0v) is 41.3. The van der Waals surface area contributed by atoms with E-state index in [0.717, 1.165) is 122 Å². The Morgan fingerprint density at radius 1 is 0.574 bits per heavy atom. The molecule has 0 fully saturated rings. The highest BCUT2D eigenvalue weighted by Gasteiger charge is 2.15. The quantitative estimate of drug-likeness (QED) is 0.0268. The Kier molecular flexibility index (Phi) is 44.9. The fourth-order valence-corrected chi connectivity index (χ4v) is 8.95. The summed E-state index contributed by atoms with van der Waals surface area (Å²) in [6.07, 6.45) is 40.3. The molecule has 0 amide bonds. The molecule has 10 heteroatoms. The predicted octanol–water partition coefficient (Wildman–Crippen LogP) is 13.0. The molecule has 0 rings (SSSR count). The number of hydrogen-bond acceptors (Lipinski definition) is 8. The smallest absolute Gasteiger partial charge is 0.306 e. The van der Waals surface area contributed by atoms with Crippen molar-refractivity contribution in [3.8, 4) is 0 Å². The van der Waals surface area contributed by atoms with Gasteiger partial charge in [0.15, 0.2) is 0 Å². The lowest BCUT2D eigenvalue weighted by molar-refractivity contribution is -0.150. The molecule has 0 heterocycles. The van der Waals surface area contributed by atoms with Crippen molar-refractivity contribution in [1.29, 1.82) is 0 Å². The Morgan fingerprint density at radius 3 is 1.56 bits per heavy atom. The van der Waals surface area contributed by atoms with Gasteiger partial charge in [0.05, 0.1) is 23.3 Å². The van der Waals surface area contributed by atoms with E-state index in [1.165, 1.54) is 109 Å². The SMILES string of the molecule is CCCCCCCCC(CCCCCCCC)OC(=O)CCCCCCCN(CCCCCCCC(=O)OCCC(CCCC)CCCC)CCCNS(=O)C/C(N)=C/C=O. The van der Waals surface area contributed by atoms with Crippen molar-refractivity contribution in [3.63, 3.8) is 0 Å². The van der Waals surface area contributed by atoms with Crippen LogP contribution < -0.4 is 10.5 Å². The predicted molar refractivity (Wildman–Crippen MR) is 260 cm³/mol. The fraction of sp³-hybridized carbons (Fsp3) is 0.902. The summed E-state index contributed by atoms with van der Waals surface area (Å²) in [4.78, 5) is 38.4. The minimum absolute atomic E-state index is 0.00548. The van der Waals surface area contributed by atoms with Gasteiger partial charge < -0.3 is 20.1 Å². The number of carbonyl (C=O) groups is 3. The van der Waals surface area contributed by atoms with Crippen LogP contribution >= 0.6 is 0 Å². The van der Waals surface area contributed by atoms with Gasteiger partial charge in [-0.25, -0.2) is 8.93 Å². The number of unbranched alkanes of at least 4 members (excludes halogenated alkanes) is 20. The first kappa shape index (κ1) is 59.2. The summed E-state index contributed by atoms with van der Waals surface area (Å²) in [5.41, 5.74) is 6.06. The van der Waals surface area contributed by atoms with Gasteiger partial charge in [0.1, 0.15) is 12.4 Å². The number of nitrogens with one attached hydrogen (secondary N) is 1. The molecule has 0 aromatic carbocycles. The second-order valence-corrected chi connectivity index (χ2v) is 19.1. The highest BCUT2D eigenvalue weighted by Crippen LogP contribution is 2.21. The van der Waals surface area contributed by atoms with Gasteiger partial charge in [-0.2, -0.15) is 0 Å². The summed E-state index contributed by atoms with van der Waals surface area (Å²) in [5, 5.41) is 0. The third kappa shape index (κ3) is 42.0. The maximum absolute atomic E-state index is 12.9. The number of aldehydes is 1. The van der Waals surface area contributed by atoms with Crippen LogP contribution in [0.25, 0.3) is 0 Å². The Morgan fingerprint density at radius 2 is 1.03 bits per heavy atom. The number of ether oxygens (including phenoxy) is 2. The molecule has 1 atom stereocenters. The van der Waals surface area contributed by atoms with Gasteiger partial charge in [-0.3, -0.25) is 14.4 Å². The monoisotopic (exact) mass is 882 g/mol. The van der Waals surface area contributed by atoms with Crippen LogP contribution in [0.3, 0.4) is 0 Å². The molecule has 0 bridgehead atoms. The zero-order chi connectivity index (χ0) is 44.9. The summed E-state index contributed by atoms with van der Waals surface area (Å²) in [5.74, 6) is 0.783. The maximum atomic E-state index is 12.9. The van der Waals surface area contributed by atoms with Crippen molar-refractivity contribution in [1.82, 2.24) is 9.62 Å². The normalized spacial score (nSPS) is 12.5. The summed E-state index contributed by atoms with van der Waals surface area (Å²) in [6.45, 7) is 13.2. The standard InChI is InChI=1S/C51H99N3O6S/c1-5-9-13-15-19-25-34-49(35-26-20-16-14-10-6-2)60-51(57)37-28-22-18-24-30-42-54(43-31-40-53-61(58)46-48(52)38-44-55)41-29-23-17-21-27-36-50(56)59-45-39-47(32-11-7-3)33-12-8-4/h38,44,47,49,53H,5-37,39-43,45-46,52H2,1-4H3/b48-38-. The number of allylic oxidation sites excluding steroid dienone is 1. The topological polar surface area (TPSA) is 128 Å². The number of nitrogens with zero attached hydrogens (tertiary/aromatic N) is 1. The number of hydrogen-bond donors (Lipinski definition) is 2. The largest absolute Gasteiger partial charge is 0.466 e. The molecule has 0 saturated heterocycles. The van der Waals surface area contributed by atoms with E-state index in [1.807, 2.05) is 0 Å². The van der Waals surface area contributed by atoms with E-state index >= 15 is 0 Å². The molecule has 0 aliphatic rings. The first-order chi connectivity index (χ1) is 29.8. The number of carbonyl (C=O) groups excluding carboxylic acids is 3. The number of rotatable bonds is 48. The van der Waals surface area contributed by atoms with Gasteiger partial charge in [0.2, 0.25) is 0 Å². The molecule has 0 saturated carbocycles. The average molecular weight is 882 g/mol. The Hall–Kier alpha value is -1.78. The third-order valence-electron chi connectivity index (χ3n) is 12.0. The van der Waals surface area contributed by atoms with Crippen molar-refractivity contribution >= 4 is 29.2 Å². The van der Waals surface area contributed by atoms with Crippen LogP contribution in [0.5, 0.6) is 0 Å². The lowest BCUT2D eigenvalue weighted by Crippen LogP contribution is -2.31. The molecule has 0 aliphatic heterocycles. The molecule has 0 aromatic rings. The molecule has 0 radical (unpaired) electrons. The van der Waals surface area contributed by atoms with Gasteiger partial charge in [-0.15, -0.1) is 0 Å². The van der Waals surface area contributed by atoms with Crippen molar-refractivity contribution in [2.45, 2.75) is 252 Å². The minimum Gasteiger partial charge on any atom is -0.466 e. The Bertz CT molecular complexity index is 1040. The van der Waals surface area contributed by atoms with Crippen molar-refractivity contribution in [2.24, 2.45) is 11.7 Å². The molecular formula is C51H99N3O6S. The second kappa shape index (κ2) is 46.2. The van der Waals surface area contributed by atoms with E-state index in [4.69, 9.17) is 15.2 Å². The third-order valence-corrected chi connectivity index (χ3v) is 13.1. The van der Waals surface area contributed by atoms with E-state index in [9.17, 15) is 18.6 Å². The summed E-state index contributed by atoms with van der Waals surface area (Å²) in [6, 6.07) is 0. The average Bonchev–Trinajstić information content (AvgIpc) is 3.24. The van der Waals surface area contributed by atoms with Gasteiger partial charge in [-0.05, 0) is 95.8 Å². The van der Waals surface area contributed by atoms with Crippen LogP contribution in [-0.2, 0) is 34.8 Å². The zero-order valence-electron chi connectivity index (χ0n) is 40.5. The molecule has 0 spiro atoms. The lowest BCUT2D eigenvalue weighted by atomic mass is 9.93. The van der Waals surface area contributed by atoms with Crippen LogP contribution in [0.1, 0.15) is 246 Å². The van der Waals surface area contributed by atoms with Crippen LogP contribution in [0.4, 0.5) is 0 Å². The van der Waals surface area contributed by atoms with Crippen molar-refractivity contribution in [3.05, 3.63) is 11.8 Å². The van der Waals surface area contributed by atoms with E-state index in [-0.39, 0.29) is 23.8 Å². The summed E-state index contributed by atoms with van der Waals surface area (Å²) < 4.78 is 27.0. The Labute approximate surface area is 379 Å². The molecule has 3 N–H and O–H groups in total. The molecular weight excluding hydrogens is 783 g/mol. The first-order valence-electron chi connectivity index (χ1n) is 25.9. The summed E-state index contributed by atoms with van der Waals surface area (Å²) in [7, 11) is -1.30. The van der Waals surface area contributed by atoms with E-state index < -0.39 is 11.0 Å². The molecule has 61 heavy (non-hydrogen) atoms. The maximum Gasteiger partial charge on any atom is 0.306 e. The highest BCUT2D eigenvalue weighted by molar-refractivity contribution is 7.83. The van der Waals surface area contributed by atoms with Gasteiger partial charge in [0, 0.05) is 25.1 Å². The van der Waals surface area contributed by atoms with Gasteiger partial charge in [0.25, 0.3) is 0 Å². The highest BCUT2D eigenvalue weighted by atomic mass is 32.2. The molecule has 0 aromatic heterocycles. The van der Waals surface area contributed by atoms with E-state index in [1.54, 1.807) is 0 Å². The van der Waals surface area contributed by atoms with Crippen LogP contribution in [0.15, 0.2) is 11.8 Å². The number of esters is 2. The van der Waals surface area contributed by atoms with Gasteiger partial charge >= 0.3 is 11.9 Å². The van der Waals surface area contributed by atoms with Crippen molar-refractivity contribution in [2.75, 3.05) is 38.5 Å². The fourth-order valence-electron chi connectivity index (χ4n) is 8.07. The van der Waals surface area contributed by atoms with Crippen LogP contribution in [0.2, 0.25) is 0 Å². The summed E-state index contributed by atoms with van der Waals surface area (Å²) >= 11 is 0. The van der Waals surface area contributed by atoms with Crippen molar-refractivity contribution < 1.29 is 28.1 Å². The molecule has 9 nitrogen and oxygen atoms in total. The van der Waals surface area contributed by atoms with Gasteiger partial charge in [-0.1, -0.05) is 169 Å². The lowest BCUT2D eigenvalue weighted by Gasteiger charge is -2.22. The van der Waals surface area contributed by atoms with E-state index in [2.05, 4.69) is 37.3 Å². The minimum atomic E-state index is -1.30. The first-order valence-corrected chi connectivity index (χ1v) is 27.2. The number of nitrogens with two attached hydrogens (primary N) is 1. The second-order valence-electron chi connectivity index (χ2n) is 17.9. The van der Waals surface area contributed by atoms with Crippen LogP contribution in [-0.4, -0.2) is 72.0 Å². The van der Waals surface area contributed by atoms with E-state index in [0.29, 0.717) is 43.9 Å². The molecule has 1 unspecified atom stereocenters. The Balaban J connectivity index is 4.60. The molecule has 360 valence electrons.